The lowest BCUT2D eigenvalue weighted by Crippen LogP contribution is -2.51. The largest absolute Gasteiger partial charge is 0.464 e. The van der Waals surface area contributed by atoms with Crippen molar-refractivity contribution in [2.24, 2.45) is 11.7 Å². The Morgan fingerprint density at radius 3 is 2.38 bits per heavy atom. The molecule has 0 bridgehead atoms. The zero-order chi connectivity index (χ0) is 15.8. The molecule has 2 atom stereocenters. The molecule has 3 N–H and O–H groups in total. The average molecular weight is 292 g/mol. The van der Waals surface area contributed by atoms with Crippen molar-refractivity contribution < 1.29 is 14.3 Å². The third kappa shape index (κ3) is 5.55. The van der Waals surface area contributed by atoms with Crippen LogP contribution >= 0.6 is 0 Å². The first-order chi connectivity index (χ1) is 9.95. The smallest absolute Gasteiger partial charge is 0.328 e. The van der Waals surface area contributed by atoms with Gasteiger partial charge in [-0.05, 0) is 18.4 Å². The highest BCUT2D eigenvalue weighted by Gasteiger charge is 2.26. The van der Waals surface area contributed by atoms with Gasteiger partial charge in [0.1, 0.15) is 6.04 Å². The number of carbonyl (C=O) groups excluding carboxylic acids is 2. The molecular weight excluding hydrogens is 268 g/mol. The van der Waals surface area contributed by atoms with Crippen molar-refractivity contribution in [2.75, 3.05) is 6.61 Å². The van der Waals surface area contributed by atoms with Crippen LogP contribution in [0, 0.1) is 5.92 Å². The van der Waals surface area contributed by atoms with Gasteiger partial charge in [0.25, 0.3) is 0 Å². The molecule has 0 aliphatic carbocycles. The van der Waals surface area contributed by atoms with Crippen LogP contribution in [0.1, 0.15) is 26.3 Å². The lowest BCUT2D eigenvalue weighted by Gasteiger charge is -2.21. The molecule has 0 spiro atoms. The molecule has 116 valence electrons. The number of nitrogens with one attached hydrogen (secondary N) is 1. The number of rotatable bonds is 7. The molecule has 0 saturated heterocycles. The molecule has 5 nitrogen and oxygen atoms in total. The predicted octanol–water partition coefficient (Wildman–Crippen LogP) is 1.26. The molecule has 1 rings (SSSR count). The molecular formula is C16H24N2O3. The number of amides is 1. The van der Waals surface area contributed by atoms with Gasteiger partial charge in [0.2, 0.25) is 5.91 Å². The molecule has 0 aliphatic rings. The van der Waals surface area contributed by atoms with Crippen molar-refractivity contribution in [1.82, 2.24) is 5.32 Å². The number of benzene rings is 1. The SMILES string of the molecule is CCOC(=O)[C@@H](Cc1ccccc1)NC(=O)[C@@H](N)C(C)C. The second-order valence-corrected chi connectivity index (χ2v) is 5.27. The van der Waals surface area contributed by atoms with Crippen molar-refractivity contribution >= 4 is 11.9 Å². The van der Waals surface area contributed by atoms with E-state index in [0.717, 1.165) is 5.56 Å². The average Bonchev–Trinajstić information content (AvgIpc) is 2.46. The fourth-order valence-electron chi connectivity index (χ4n) is 1.86. The van der Waals surface area contributed by atoms with E-state index in [4.69, 9.17) is 10.5 Å². The van der Waals surface area contributed by atoms with Gasteiger partial charge in [0.05, 0.1) is 12.6 Å². The summed E-state index contributed by atoms with van der Waals surface area (Å²) in [4.78, 5) is 24.0. The molecule has 0 aromatic heterocycles. The Labute approximate surface area is 125 Å². The first kappa shape index (κ1) is 17.2. The van der Waals surface area contributed by atoms with Gasteiger partial charge >= 0.3 is 5.97 Å². The molecule has 1 amide bonds. The van der Waals surface area contributed by atoms with Crippen LogP contribution in [0.3, 0.4) is 0 Å². The Morgan fingerprint density at radius 1 is 1.24 bits per heavy atom. The van der Waals surface area contributed by atoms with Crippen molar-refractivity contribution in [3.63, 3.8) is 0 Å². The van der Waals surface area contributed by atoms with Gasteiger partial charge < -0.3 is 15.8 Å². The molecule has 0 radical (unpaired) electrons. The van der Waals surface area contributed by atoms with E-state index in [2.05, 4.69) is 5.32 Å². The van der Waals surface area contributed by atoms with Crippen LogP contribution in [0.4, 0.5) is 0 Å². The van der Waals surface area contributed by atoms with Gasteiger partial charge in [-0.3, -0.25) is 4.79 Å². The number of esters is 1. The molecule has 0 fully saturated rings. The Kier molecular flexibility index (Phi) is 6.88. The maximum Gasteiger partial charge on any atom is 0.328 e. The van der Waals surface area contributed by atoms with Crippen LogP contribution in [-0.2, 0) is 20.7 Å². The summed E-state index contributed by atoms with van der Waals surface area (Å²) in [5.74, 6) is -0.769. The van der Waals surface area contributed by atoms with Crippen molar-refractivity contribution in [3.8, 4) is 0 Å². The predicted molar refractivity (Wildman–Crippen MR) is 81.5 cm³/mol. The minimum absolute atomic E-state index is 0.00423. The lowest BCUT2D eigenvalue weighted by molar-refractivity contribution is -0.147. The summed E-state index contributed by atoms with van der Waals surface area (Å²) in [5.41, 5.74) is 6.76. The van der Waals surface area contributed by atoms with Crippen LogP contribution in [0.2, 0.25) is 0 Å². The lowest BCUT2D eigenvalue weighted by atomic mass is 10.0. The maximum atomic E-state index is 12.0. The van der Waals surface area contributed by atoms with E-state index < -0.39 is 18.1 Å². The first-order valence-electron chi connectivity index (χ1n) is 7.22. The van der Waals surface area contributed by atoms with E-state index in [9.17, 15) is 9.59 Å². The van der Waals surface area contributed by atoms with Crippen molar-refractivity contribution in [1.29, 1.82) is 0 Å². The minimum Gasteiger partial charge on any atom is -0.464 e. The third-order valence-corrected chi connectivity index (χ3v) is 3.19. The topological polar surface area (TPSA) is 81.4 Å². The quantitative estimate of drug-likeness (QED) is 0.741. The summed E-state index contributed by atoms with van der Waals surface area (Å²) in [6.45, 7) is 5.73. The number of hydrogen-bond donors (Lipinski definition) is 2. The zero-order valence-corrected chi connectivity index (χ0v) is 12.8. The molecule has 0 unspecified atom stereocenters. The number of nitrogens with two attached hydrogens (primary N) is 1. The summed E-state index contributed by atoms with van der Waals surface area (Å²) in [6.07, 6.45) is 0.385. The zero-order valence-electron chi connectivity index (χ0n) is 12.8. The first-order valence-corrected chi connectivity index (χ1v) is 7.22. The van der Waals surface area contributed by atoms with Gasteiger partial charge in [-0.25, -0.2) is 4.79 Å². The van der Waals surface area contributed by atoms with E-state index in [1.54, 1.807) is 6.92 Å². The van der Waals surface area contributed by atoms with Crippen LogP contribution in [0.15, 0.2) is 30.3 Å². The van der Waals surface area contributed by atoms with Crippen LogP contribution in [0.25, 0.3) is 0 Å². The second-order valence-electron chi connectivity index (χ2n) is 5.27. The number of ether oxygens (including phenoxy) is 1. The Hall–Kier alpha value is -1.88. The Morgan fingerprint density at radius 2 is 1.86 bits per heavy atom. The third-order valence-electron chi connectivity index (χ3n) is 3.19. The highest BCUT2D eigenvalue weighted by molar-refractivity contribution is 5.87. The Balaban J connectivity index is 2.78. The van der Waals surface area contributed by atoms with Gasteiger partial charge in [-0.1, -0.05) is 44.2 Å². The maximum absolute atomic E-state index is 12.0. The van der Waals surface area contributed by atoms with Crippen molar-refractivity contribution in [2.45, 2.75) is 39.3 Å². The summed E-state index contributed by atoms with van der Waals surface area (Å²) in [5, 5.41) is 2.69. The normalized spacial score (nSPS) is 13.6. The second kappa shape index (κ2) is 8.42. The van der Waals surface area contributed by atoms with Gasteiger partial charge in [-0.15, -0.1) is 0 Å². The van der Waals surface area contributed by atoms with Crippen LogP contribution in [0.5, 0.6) is 0 Å². The minimum atomic E-state index is -0.718. The van der Waals surface area contributed by atoms with Crippen LogP contribution in [-0.4, -0.2) is 30.6 Å². The van der Waals surface area contributed by atoms with E-state index >= 15 is 0 Å². The monoisotopic (exact) mass is 292 g/mol. The molecule has 5 heteroatoms. The summed E-state index contributed by atoms with van der Waals surface area (Å²) in [7, 11) is 0. The van der Waals surface area contributed by atoms with Crippen LogP contribution < -0.4 is 11.1 Å². The summed E-state index contributed by atoms with van der Waals surface area (Å²) >= 11 is 0. The van der Waals surface area contributed by atoms with Gasteiger partial charge in [-0.2, -0.15) is 0 Å². The van der Waals surface area contributed by atoms with E-state index in [-0.39, 0.29) is 18.4 Å². The van der Waals surface area contributed by atoms with E-state index in [1.807, 2.05) is 44.2 Å². The van der Waals surface area contributed by atoms with Gasteiger partial charge in [0.15, 0.2) is 0 Å². The highest BCUT2D eigenvalue weighted by atomic mass is 16.5. The number of hydrogen-bond acceptors (Lipinski definition) is 4. The fourth-order valence-corrected chi connectivity index (χ4v) is 1.86. The highest BCUT2D eigenvalue weighted by Crippen LogP contribution is 2.06. The standard InChI is InChI=1S/C16H24N2O3/c1-4-21-16(20)13(10-12-8-6-5-7-9-12)18-15(19)14(17)11(2)3/h5-9,11,13-14H,4,10,17H2,1-3H3,(H,18,19)/t13-,14+/m1/s1. The summed E-state index contributed by atoms with van der Waals surface area (Å²) < 4.78 is 5.02. The molecule has 1 aromatic rings. The van der Waals surface area contributed by atoms with E-state index in [1.165, 1.54) is 0 Å². The molecule has 0 heterocycles. The van der Waals surface area contributed by atoms with E-state index in [0.29, 0.717) is 6.42 Å². The Bertz CT molecular complexity index is 460. The van der Waals surface area contributed by atoms with Crippen molar-refractivity contribution in [3.05, 3.63) is 35.9 Å². The van der Waals surface area contributed by atoms with Gasteiger partial charge in [0, 0.05) is 6.42 Å². The molecule has 0 saturated carbocycles. The molecule has 1 aromatic carbocycles. The fraction of sp³-hybridized carbons (Fsp3) is 0.500. The molecule has 0 aliphatic heterocycles. The number of carbonyl (C=O) groups is 2. The summed E-state index contributed by atoms with van der Waals surface area (Å²) in [6, 6.07) is 8.12. The molecule has 21 heavy (non-hydrogen) atoms.